The lowest BCUT2D eigenvalue weighted by atomic mass is 10.1. The lowest BCUT2D eigenvalue weighted by Gasteiger charge is -2.15. The first-order valence-electron chi connectivity index (χ1n) is 4.36. The molecule has 0 spiro atoms. The van der Waals surface area contributed by atoms with Gasteiger partial charge in [0.15, 0.2) is 0 Å². The van der Waals surface area contributed by atoms with E-state index in [1.807, 2.05) is 20.8 Å². The number of tetrazole rings is 1. The molecule has 0 saturated heterocycles. The van der Waals surface area contributed by atoms with Gasteiger partial charge in [0, 0.05) is 0 Å². The Bertz CT molecular complexity index is 407. The van der Waals surface area contributed by atoms with Crippen LogP contribution in [0.3, 0.4) is 0 Å². The molecule has 0 bridgehead atoms. The van der Waals surface area contributed by atoms with Gasteiger partial charge in [-0.3, -0.25) is 0 Å². The molecule has 74 valence electrons. The fourth-order valence-electron chi connectivity index (χ4n) is 0.985. The minimum atomic E-state index is -0.148. The van der Waals surface area contributed by atoms with Crippen molar-refractivity contribution in [1.29, 1.82) is 0 Å². The summed E-state index contributed by atoms with van der Waals surface area (Å²) in [6.07, 6.45) is 3.26. The van der Waals surface area contributed by atoms with E-state index in [-0.39, 0.29) is 5.54 Å². The van der Waals surface area contributed by atoms with Gasteiger partial charge in [0.2, 0.25) is 5.82 Å². The van der Waals surface area contributed by atoms with Gasteiger partial charge in [-0.2, -0.15) is 4.80 Å². The largest absolute Gasteiger partial charge is 0.342 e. The standard InChI is InChI=1S/C8H12N6/c1-8(2,3)14-12-7(11-13-14)6-4-9-5-10-6/h4-5H,1-3H3,(H,9,10). The summed E-state index contributed by atoms with van der Waals surface area (Å²) in [5.41, 5.74) is 0.631. The third kappa shape index (κ3) is 1.50. The van der Waals surface area contributed by atoms with Crippen LogP contribution < -0.4 is 0 Å². The first-order valence-corrected chi connectivity index (χ1v) is 4.36. The lowest BCUT2D eigenvalue weighted by Crippen LogP contribution is -2.24. The molecule has 0 aromatic carbocycles. The van der Waals surface area contributed by atoms with E-state index in [4.69, 9.17) is 0 Å². The van der Waals surface area contributed by atoms with Crippen molar-refractivity contribution in [2.75, 3.05) is 0 Å². The quantitative estimate of drug-likeness (QED) is 0.726. The van der Waals surface area contributed by atoms with Gasteiger partial charge in [0.25, 0.3) is 0 Å². The maximum atomic E-state index is 4.25. The number of hydrogen-bond donors (Lipinski definition) is 1. The normalized spacial score (nSPS) is 11.9. The van der Waals surface area contributed by atoms with Crippen LogP contribution >= 0.6 is 0 Å². The molecule has 14 heavy (non-hydrogen) atoms. The van der Waals surface area contributed by atoms with E-state index in [0.29, 0.717) is 5.82 Å². The number of rotatable bonds is 1. The molecule has 6 nitrogen and oxygen atoms in total. The fraction of sp³-hybridized carbons (Fsp3) is 0.500. The molecule has 0 aliphatic carbocycles. The summed E-state index contributed by atoms with van der Waals surface area (Å²) < 4.78 is 0. The Kier molecular flexibility index (Phi) is 1.83. The fourth-order valence-corrected chi connectivity index (χ4v) is 0.985. The highest BCUT2D eigenvalue weighted by Gasteiger charge is 2.17. The zero-order valence-electron chi connectivity index (χ0n) is 8.39. The SMILES string of the molecule is CC(C)(C)n1nnc(-c2cnc[nH]2)n1. The van der Waals surface area contributed by atoms with Crippen molar-refractivity contribution in [3.8, 4) is 11.5 Å². The Morgan fingerprint density at radius 1 is 1.36 bits per heavy atom. The van der Waals surface area contributed by atoms with Crippen LogP contribution in [0, 0.1) is 0 Å². The molecule has 0 aliphatic rings. The number of aromatic amines is 1. The van der Waals surface area contributed by atoms with Gasteiger partial charge in [-0.25, -0.2) is 4.98 Å². The molecule has 0 radical (unpaired) electrons. The number of hydrogen-bond acceptors (Lipinski definition) is 4. The smallest absolute Gasteiger partial charge is 0.222 e. The van der Waals surface area contributed by atoms with Gasteiger partial charge >= 0.3 is 0 Å². The second kappa shape index (κ2) is 2.90. The number of nitrogens with zero attached hydrogens (tertiary/aromatic N) is 5. The van der Waals surface area contributed by atoms with Crippen molar-refractivity contribution in [2.45, 2.75) is 26.3 Å². The maximum Gasteiger partial charge on any atom is 0.222 e. The highest BCUT2D eigenvalue weighted by molar-refractivity contribution is 5.44. The van der Waals surface area contributed by atoms with Crippen molar-refractivity contribution in [2.24, 2.45) is 0 Å². The molecular formula is C8H12N6. The van der Waals surface area contributed by atoms with Gasteiger partial charge in [-0.1, -0.05) is 0 Å². The zero-order chi connectivity index (χ0) is 10.2. The highest BCUT2D eigenvalue weighted by Crippen LogP contribution is 2.13. The number of aromatic nitrogens is 6. The molecule has 6 heteroatoms. The Balaban J connectivity index is 2.36. The summed E-state index contributed by atoms with van der Waals surface area (Å²) in [7, 11) is 0. The van der Waals surface area contributed by atoms with Crippen LogP contribution in [0.5, 0.6) is 0 Å². The Labute approximate surface area is 81.4 Å². The van der Waals surface area contributed by atoms with Crippen LogP contribution in [-0.4, -0.2) is 30.2 Å². The average molecular weight is 192 g/mol. The Morgan fingerprint density at radius 2 is 2.14 bits per heavy atom. The van der Waals surface area contributed by atoms with E-state index < -0.39 is 0 Å². The van der Waals surface area contributed by atoms with Gasteiger partial charge in [0.1, 0.15) is 5.69 Å². The van der Waals surface area contributed by atoms with Crippen LogP contribution in [0.4, 0.5) is 0 Å². The Hall–Kier alpha value is -1.72. The van der Waals surface area contributed by atoms with E-state index in [2.05, 4.69) is 25.4 Å². The monoisotopic (exact) mass is 192 g/mol. The molecule has 0 fully saturated rings. The molecule has 0 atom stereocenters. The predicted octanol–water partition coefficient (Wildman–Crippen LogP) is 0.818. The topological polar surface area (TPSA) is 72.3 Å². The van der Waals surface area contributed by atoms with Crippen molar-refractivity contribution in [1.82, 2.24) is 30.2 Å². The third-order valence-corrected chi connectivity index (χ3v) is 1.75. The highest BCUT2D eigenvalue weighted by atomic mass is 15.6. The zero-order valence-corrected chi connectivity index (χ0v) is 8.39. The third-order valence-electron chi connectivity index (χ3n) is 1.75. The average Bonchev–Trinajstić information content (AvgIpc) is 2.73. The minimum Gasteiger partial charge on any atom is -0.342 e. The molecular weight excluding hydrogens is 180 g/mol. The summed E-state index contributed by atoms with van der Waals surface area (Å²) in [6, 6.07) is 0. The van der Waals surface area contributed by atoms with E-state index in [0.717, 1.165) is 5.69 Å². The van der Waals surface area contributed by atoms with Crippen LogP contribution in [0.25, 0.3) is 11.5 Å². The molecule has 0 unspecified atom stereocenters. The summed E-state index contributed by atoms with van der Waals surface area (Å²) in [5, 5.41) is 12.2. The second-order valence-corrected chi connectivity index (χ2v) is 4.04. The summed E-state index contributed by atoms with van der Waals surface area (Å²) in [6.45, 7) is 6.06. The van der Waals surface area contributed by atoms with Crippen LogP contribution in [0.15, 0.2) is 12.5 Å². The number of imidazole rings is 1. The van der Waals surface area contributed by atoms with Crippen LogP contribution in [0.1, 0.15) is 20.8 Å². The van der Waals surface area contributed by atoms with Gasteiger partial charge < -0.3 is 4.98 Å². The lowest BCUT2D eigenvalue weighted by molar-refractivity contribution is 0.306. The van der Waals surface area contributed by atoms with Gasteiger partial charge in [-0.15, -0.1) is 10.2 Å². The van der Waals surface area contributed by atoms with Crippen molar-refractivity contribution >= 4 is 0 Å². The minimum absolute atomic E-state index is 0.148. The van der Waals surface area contributed by atoms with Crippen molar-refractivity contribution < 1.29 is 0 Å². The van der Waals surface area contributed by atoms with Crippen LogP contribution in [0.2, 0.25) is 0 Å². The van der Waals surface area contributed by atoms with Gasteiger partial charge in [0.05, 0.1) is 18.1 Å². The first-order chi connectivity index (χ1) is 6.57. The predicted molar refractivity (Wildman–Crippen MR) is 50.4 cm³/mol. The van der Waals surface area contributed by atoms with Crippen molar-refractivity contribution in [3.63, 3.8) is 0 Å². The second-order valence-electron chi connectivity index (χ2n) is 4.04. The molecule has 0 amide bonds. The molecule has 2 rings (SSSR count). The molecule has 2 heterocycles. The van der Waals surface area contributed by atoms with E-state index in [1.165, 1.54) is 0 Å². The molecule has 2 aromatic rings. The molecule has 0 saturated carbocycles. The molecule has 0 aliphatic heterocycles. The maximum absolute atomic E-state index is 4.25. The summed E-state index contributed by atoms with van der Waals surface area (Å²) in [5.74, 6) is 0.567. The number of nitrogens with one attached hydrogen (secondary N) is 1. The Morgan fingerprint density at radius 3 is 2.64 bits per heavy atom. The summed E-state index contributed by atoms with van der Waals surface area (Å²) >= 11 is 0. The number of H-pyrrole nitrogens is 1. The van der Waals surface area contributed by atoms with E-state index >= 15 is 0 Å². The van der Waals surface area contributed by atoms with E-state index in [1.54, 1.807) is 17.3 Å². The molecule has 2 aromatic heterocycles. The first kappa shape index (κ1) is 8.86. The summed E-state index contributed by atoms with van der Waals surface area (Å²) in [4.78, 5) is 8.41. The van der Waals surface area contributed by atoms with Crippen molar-refractivity contribution in [3.05, 3.63) is 12.5 Å². The van der Waals surface area contributed by atoms with Gasteiger partial charge in [-0.05, 0) is 26.0 Å². The molecule has 1 N–H and O–H groups in total. The van der Waals surface area contributed by atoms with E-state index in [9.17, 15) is 0 Å². The van der Waals surface area contributed by atoms with Crippen LogP contribution in [-0.2, 0) is 5.54 Å².